The van der Waals surface area contributed by atoms with Crippen LogP contribution in [0.25, 0.3) is 0 Å². The van der Waals surface area contributed by atoms with Crippen molar-refractivity contribution in [1.29, 1.82) is 0 Å². The van der Waals surface area contributed by atoms with Crippen LogP contribution in [0.5, 0.6) is 0 Å². The maximum atomic E-state index is 15.1. The molecule has 3 amide bonds. The Bertz CT molecular complexity index is 1550. The second-order valence-electron chi connectivity index (χ2n) is 21.7. The van der Waals surface area contributed by atoms with E-state index in [9.17, 15) is 29.7 Å². The van der Waals surface area contributed by atoms with Crippen molar-refractivity contribution in [2.45, 2.75) is 277 Å². The highest BCUT2D eigenvalue weighted by Crippen LogP contribution is 2.37. The number of aliphatic hydroxyl groups is 3. The third-order valence-electron chi connectivity index (χ3n) is 14.2. The SMILES string of the molecule is CCCCCCCCCCCCCCCCCC(=O)N(CCCCCCCCCCCCCC)[C@]1(N)O[C@H](CO)[C@@H](O)[C@H](O)[C@H]1C(=O)[C@H](CC(C)C)NC(=O)[C@H](CC(C)C)NC(=O)OCc1ccccc1. The Labute approximate surface area is 431 Å². The van der Waals surface area contributed by atoms with Crippen molar-refractivity contribution in [1.82, 2.24) is 15.5 Å². The van der Waals surface area contributed by atoms with E-state index in [2.05, 4.69) is 24.5 Å². The van der Waals surface area contributed by atoms with Crippen molar-refractivity contribution in [2.75, 3.05) is 13.2 Å². The molecule has 0 radical (unpaired) electrons. The van der Waals surface area contributed by atoms with E-state index in [-0.39, 0.29) is 50.2 Å². The van der Waals surface area contributed by atoms with Gasteiger partial charge in [0.25, 0.3) is 0 Å². The Hall–Kier alpha value is -3.10. The van der Waals surface area contributed by atoms with Crippen LogP contribution in [0.1, 0.15) is 240 Å². The molecular weight excluding hydrogens is 897 g/mol. The summed E-state index contributed by atoms with van der Waals surface area (Å²) in [5.74, 6) is -5.79. The first-order valence-corrected chi connectivity index (χ1v) is 28.7. The lowest BCUT2D eigenvalue weighted by molar-refractivity contribution is -0.292. The van der Waals surface area contributed by atoms with Crippen molar-refractivity contribution in [3.8, 4) is 0 Å². The summed E-state index contributed by atoms with van der Waals surface area (Å²) in [5, 5.41) is 39.2. The zero-order valence-electron chi connectivity index (χ0n) is 45.7. The number of hydrogen-bond donors (Lipinski definition) is 6. The largest absolute Gasteiger partial charge is 0.445 e. The summed E-state index contributed by atoms with van der Waals surface area (Å²) in [6.45, 7) is 11.5. The molecule has 7 N–H and O–H groups in total. The van der Waals surface area contributed by atoms with Gasteiger partial charge in [-0.1, -0.05) is 232 Å². The lowest BCUT2D eigenvalue weighted by Crippen LogP contribution is -2.76. The fraction of sp³-hybridized carbons (Fsp3) is 0.828. The molecule has 0 spiro atoms. The van der Waals surface area contributed by atoms with Gasteiger partial charge in [-0.2, -0.15) is 0 Å². The van der Waals surface area contributed by atoms with Gasteiger partial charge in [0.15, 0.2) is 5.78 Å². The van der Waals surface area contributed by atoms with Gasteiger partial charge in [0, 0.05) is 13.0 Å². The first-order chi connectivity index (χ1) is 34.2. The second-order valence-corrected chi connectivity index (χ2v) is 21.7. The minimum Gasteiger partial charge on any atom is -0.445 e. The minimum absolute atomic E-state index is 0.000375. The Morgan fingerprint density at radius 1 is 0.634 bits per heavy atom. The number of alkyl carbamates (subject to hydrolysis) is 1. The predicted octanol–water partition coefficient (Wildman–Crippen LogP) is 11.6. The van der Waals surface area contributed by atoms with Gasteiger partial charge in [-0.15, -0.1) is 0 Å². The number of rotatable bonds is 42. The number of hydrogen-bond acceptors (Lipinski definition) is 10. The van der Waals surface area contributed by atoms with Gasteiger partial charge in [-0.25, -0.2) is 4.79 Å². The van der Waals surface area contributed by atoms with Crippen LogP contribution in [0.3, 0.4) is 0 Å². The van der Waals surface area contributed by atoms with Gasteiger partial charge in [-0.05, 0) is 43.1 Å². The van der Waals surface area contributed by atoms with Crippen molar-refractivity contribution >= 4 is 23.7 Å². The van der Waals surface area contributed by atoms with E-state index >= 15 is 4.79 Å². The van der Waals surface area contributed by atoms with Crippen LogP contribution < -0.4 is 16.4 Å². The molecule has 0 bridgehead atoms. The number of carbonyl (C=O) groups is 4. The van der Waals surface area contributed by atoms with Gasteiger partial charge in [0.05, 0.1) is 18.8 Å². The van der Waals surface area contributed by atoms with Crippen molar-refractivity contribution in [3.05, 3.63) is 35.9 Å². The molecule has 1 heterocycles. The zero-order chi connectivity index (χ0) is 52.3. The standard InChI is InChI=1S/C58H104N4O9/c1-7-9-11-13-15-17-19-21-22-23-24-26-28-30-35-39-51(64)62(40-36-31-29-27-25-20-18-16-14-12-10-8-2)58(59)52(55(67)54(66)50(43-63)71-58)53(65)48(41-45(3)4)60-56(68)49(42-46(5)6)61-57(69)70-44-47-37-33-32-34-38-47/h32-34,37-38,45-46,48-50,52,54-55,63,66-67H,7-31,35-36,39-44,59H2,1-6H3,(H,60,68)(H,61,69)/t48-,49-,50+,52+,54+,55+,58-/m0/s1. The van der Waals surface area contributed by atoms with Gasteiger partial charge in [-0.3, -0.25) is 20.1 Å². The highest BCUT2D eigenvalue weighted by atomic mass is 16.6. The molecule has 1 aliphatic heterocycles. The quantitative estimate of drug-likeness (QED) is 0.0270. The molecule has 0 unspecified atom stereocenters. The Morgan fingerprint density at radius 3 is 1.52 bits per heavy atom. The summed E-state index contributed by atoms with van der Waals surface area (Å²) in [6, 6.07) is 6.85. The minimum atomic E-state index is -2.26. The van der Waals surface area contributed by atoms with Crippen molar-refractivity contribution < 1.29 is 44.0 Å². The van der Waals surface area contributed by atoms with E-state index in [4.69, 9.17) is 15.2 Å². The molecule has 0 aromatic heterocycles. The smallest absolute Gasteiger partial charge is 0.408 e. The maximum absolute atomic E-state index is 15.1. The van der Waals surface area contributed by atoms with Crippen molar-refractivity contribution in [3.63, 3.8) is 0 Å². The van der Waals surface area contributed by atoms with E-state index in [1.54, 1.807) is 0 Å². The molecule has 2 rings (SSSR count). The number of amides is 3. The average Bonchev–Trinajstić information content (AvgIpc) is 3.34. The summed E-state index contributed by atoms with van der Waals surface area (Å²) in [5.41, 5.74) is 8.01. The number of benzene rings is 1. The molecule has 1 aromatic rings. The number of Topliss-reactive ketones (excluding diaryl/α,β-unsaturated/α-hetero) is 1. The van der Waals surface area contributed by atoms with Crippen LogP contribution in [-0.4, -0.2) is 93.3 Å². The highest BCUT2D eigenvalue weighted by molar-refractivity contribution is 5.94. The molecule has 1 fully saturated rings. The molecule has 13 heteroatoms. The van der Waals surface area contributed by atoms with E-state index < -0.39 is 66.6 Å². The Morgan fingerprint density at radius 2 is 1.07 bits per heavy atom. The van der Waals surface area contributed by atoms with Crippen LogP contribution in [0.2, 0.25) is 0 Å². The number of unbranched alkanes of at least 4 members (excludes halogenated alkanes) is 25. The lowest BCUT2D eigenvalue weighted by Gasteiger charge is -2.53. The summed E-state index contributed by atoms with van der Waals surface area (Å²) < 4.78 is 11.7. The number of nitrogens with zero attached hydrogens (tertiary/aromatic N) is 1. The Kier molecular flexibility index (Phi) is 34.7. The van der Waals surface area contributed by atoms with Crippen LogP contribution in [0.4, 0.5) is 4.79 Å². The van der Waals surface area contributed by atoms with Crippen LogP contribution in [-0.2, 0) is 30.5 Å². The number of carbonyl (C=O) groups excluding carboxylic acids is 4. The van der Waals surface area contributed by atoms with Gasteiger partial charge >= 0.3 is 6.09 Å². The first kappa shape index (κ1) is 64.0. The number of aliphatic hydroxyl groups excluding tert-OH is 3. The van der Waals surface area contributed by atoms with Crippen LogP contribution in [0, 0.1) is 17.8 Å². The van der Waals surface area contributed by atoms with Crippen LogP contribution in [0.15, 0.2) is 30.3 Å². The van der Waals surface area contributed by atoms with Gasteiger partial charge in [0.2, 0.25) is 17.7 Å². The van der Waals surface area contributed by atoms with Gasteiger partial charge < -0.3 is 40.3 Å². The summed E-state index contributed by atoms with van der Waals surface area (Å²) in [7, 11) is 0. The predicted molar refractivity (Wildman–Crippen MR) is 286 cm³/mol. The molecule has 71 heavy (non-hydrogen) atoms. The number of nitrogens with one attached hydrogen (secondary N) is 2. The zero-order valence-corrected chi connectivity index (χ0v) is 45.7. The van der Waals surface area contributed by atoms with E-state index in [0.717, 1.165) is 50.5 Å². The Balaban J connectivity index is 2.26. The molecule has 0 aliphatic carbocycles. The fourth-order valence-corrected chi connectivity index (χ4v) is 10.0. The van der Waals surface area contributed by atoms with Crippen molar-refractivity contribution in [2.24, 2.45) is 23.5 Å². The molecule has 1 aliphatic rings. The summed E-state index contributed by atoms with van der Waals surface area (Å²) in [4.78, 5) is 58.2. The maximum Gasteiger partial charge on any atom is 0.408 e. The first-order valence-electron chi connectivity index (χ1n) is 28.7. The summed E-state index contributed by atoms with van der Waals surface area (Å²) >= 11 is 0. The fourth-order valence-electron chi connectivity index (χ4n) is 10.0. The van der Waals surface area contributed by atoms with Gasteiger partial charge in [0.1, 0.15) is 30.8 Å². The molecule has 410 valence electrons. The molecule has 7 atom stereocenters. The third-order valence-corrected chi connectivity index (χ3v) is 14.2. The number of nitrogens with two attached hydrogens (primary N) is 1. The second kappa shape index (κ2) is 38.5. The van der Waals surface area contributed by atoms with E-state index in [0.29, 0.717) is 12.8 Å². The molecular formula is C58H104N4O9. The lowest BCUT2D eigenvalue weighted by atomic mass is 9.79. The molecule has 1 saturated heterocycles. The molecule has 0 saturated carbocycles. The number of ketones is 1. The molecule has 1 aromatic carbocycles. The molecule has 13 nitrogen and oxygen atoms in total. The van der Waals surface area contributed by atoms with E-state index in [1.165, 1.54) is 120 Å². The normalized spacial score (nSPS) is 19.9. The monoisotopic (exact) mass is 1000 g/mol. The number of ether oxygens (including phenoxy) is 2. The highest BCUT2D eigenvalue weighted by Gasteiger charge is 2.59. The summed E-state index contributed by atoms with van der Waals surface area (Å²) in [6.07, 6.45) is 26.0. The topological polar surface area (TPSA) is 201 Å². The third kappa shape index (κ3) is 26.1. The average molecular weight is 1000 g/mol. The van der Waals surface area contributed by atoms with Crippen LogP contribution >= 0.6 is 0 Å². The van der Waals surface area contributed by atoms with E-state index in [1.807, 2.05) is 58.0 Å².